The summed E-state index contributed by atoms with van der Waals surface area (Å²) >= 11 is 5.46. The van der Waals surface area contributed by atoms with Crippen LogP contribution in [0.3, 0.4) is 0 Å². The van der Waals surface area contributed by atoms with Crippen molar-refractivity contribution in [2.45, 2.75) is 0 Å². The zero-order valence-electron chi connectivity index (χ0n) is 5.61. The molecule has 3 heteroatoms. The standard InChI is InChI=1S/C6H12ClNO/c1-6(7)5-8-3-4-9-2/h8H,1,3-5H2,2H3. The van der Waals surface area contributed by atoms with Gasteiger partial charge < -0.3 is 10.1 Å². The maximum absolute atomic E-state index is 5.46. The van der Waals surface area contributed by atoms with E-state index in [1.54, 1.807) is 7.11 Å². The molecule has 0 spiro atoms. The average molecular weight is 150 g/mol. The molecule has 0 saturated heterocycles. The molecule has 0 bridgehead atoms. The zero-order valence-corrected chi connectivity index (χ0v) is 6.37. The minimum Gasteiger partial charge on any atom is -0.383 e. The molecule has 0 atom stereocenters. The van der Waals surface area contributed by atoms with E-state index in [1.165, 1.54) is 0 Å². The third-order valence-corrected chi connectivity index (χ3v) is 0.933. The molecule has 0 aromatic rings. The van der Waals surface area contributed by atoms with Gasteiger partial charge in [0.25, 0.3) is 0 Å². The zero-order chi connectivity index (χ0) is 7.11. The van der Waals surface area contributed by atoms with Crippen LogP contribution < -0.4 is 5.32 Å². The highest BCUT2D eigenvalue weighted by Crippen LogP contribution is 1.90. The summed E-state index contributed by atoms with van der Waals surface area (Å²) in [5, 5.41) is 3.66. The topological polar surface area (TPSA) is 21.3 Å². The largest absolute Gasteiger partial charge is 0.383 e. The van der Waals surface area contributed by atoms with Crippen molar-refractivity contribution in [3.05, 3.63) is 11.6 Å². The summed E-state index contributed by atoms with van der Waals surface area (Å²) in [6.07, 6.45) is 0. The van der Waals surface area contributed by atoms with Crippen molar-refractivity contribution >= 4 is 11.6 Å². The lowest BCUT2D eigenvalue weighted by Gasteiger charge is -2.00. The lowest BCUT2D eigenvalue weighted by Crippen LogP contribution is -2.20. The molecule has 54 valence electrons. The Kier molecular flexibility index (Phi) is 6.04. The first-order valence-electron chi connectivity index (χ1n) is 2.80. The van der Waals surface area contributed by atoms with Crippen LogP contribution in [0.1, 0.15) is 0 Å². The van der Waals surface area contributed by atoms with Crippen LogP contribution in [0, 0.1) is 0 Å². The molecule has 0 aliphatic heterocycles. The summed E-state index contributed by atoms with van der Waals surface area (Å²) in [4.78, 5) is 0. The SMILES string of the molecule is C=C(Cl)CNCCOC. The Morgan fingerprint density at radius 1 is 1.78 bits per heavy atom. The van der Waals surface area contributed by atoms with E-state index in [4.69, 9.17) is 16.3 Å². The van der Waals surface area contributed by atoms with Crippen LogP contribution in [0.4, 0.5) is 0 Å². The van der Waals surface area contributed by atoms with E-state index < -0.39 is 0 Å². The van der Waals surface area contributed by atoms with Gasteiger partial charge in [-0.1, -0.05) is 18.2 Å². The number of nitrogens with one attached hydrogen (secondary N) is 1. The Hall–Kier alpha value is -0.0500. The third-order valence-electron chi connectivity index (χ3n) is 0.800. The van der Waals surface area contributed by atoms with Crippen LogP contribution >= 0.6 is 11.6 Å². The normalized spacial score (nSPS) is 9.56. The van der Waals surface area contributed by atoms with Crippen molar-refractivity contribution in [1.29, 1.82) is 0 Å². The van der Waals surface area contributed by atoms with Gasteiger partial charge in [0, 0.05) is 25.2 Å². The first-order valence-corrected chi connectivity index (χ1v) is 3.18. The van der Waals surface area contributed by atoms with Crippen molar-refractivity contribution in [3.63, 3.8) is 0 Å². The van der Waals surface area contributed by atoms with Crippen molar-refractivity contribution in [2.75, 3.05) is 26.8 Å². The number of hydrogen-bond acceptors (Lipinski definition) is 2. The molecule has 0 rings (SSSR count). The second-order valence-corrected chi connectivity index (χ2v) is 2.22. The van der Waals surface area contributed by atoms with Gasteiger partial charge in [0.1, 0.15) is 0 Å². The minimum absolute atomic E-state index is 0.631. The number of hydrogen-bond donors (Lipinski definition) is 1. The number of methoxy groups -OCH3 is 1. The molecule has 0 aliphatic carbocycles. The minimum atomic E-state index is 0.631. The average Bonchev–Trinajstić information content (AvgIpc) is 1.80. The van der Waals surface area contributed by atoms with Crippen LogP contribution in [0.15, 0.2) is 11.6 Å². The molecule has 0 aromatic carbocycles. The van der Waals surface area contributed by atoms with Crippen molar-refractivity contribution in [2.24, 2.45) is 0 Å². The molecular formula is C6H12ClNO. The molecule has 2 nitrogen and oxygen atoms in total. The van der Waals surface area contributed by atoms with Gasteiger partial charge in [0.15, 0.2) is 0 Å². The summed E-state index contributed by atoms with van der Waals surface area (Å²) in [5.74, 6) is 0. The fourth-order valence-electron chi connectivity index (χ4n) is 0.398. The molecule has 0 aromatic heterocycles. The predicted molar refractivity (Wildman–Crippen MR) is 39.7 cm³/mol. The summed E-state index contributed by atoms with van der Waals surface area (Å²) in [5.41, 5.74) is 0. The van der Waals surface area contributed by atoms with Gasteiger partial charge in [-0.3, -0.25) is 0 Å². The second-order valence-electron chi connectivity index (χ2n) is 1.69. The smallest absolute Gasteiger partial charge is 0.0587 e. The van der Waals surface area contributed by atoms with E-state index in [-0.39, 0.29) is 0 Å². The van der Waals surface area contributed by atoms with Gasteiger partial charge in [-0.15, -0.1) is 0 Å². The van der Waals surface area contributed by atoms with Gasteiger partial charge in [-0.05, 0) is 0 Å². The molecule has 0 amide bonds. The Labute approximate surface area is 60.8 Å². The van der Waals surface area contributed by atoms with Crippen molar-refractivity contribution in [3.8, 4) is 0 Å². The van der Waals surface area contributed by atoms with Gasteiger partial charge in [-0.25, -0.2) is 0 Å². The monoisotopic (exact) mass is 149 g/mol. The molecule has 0 unspecified atom stereocenters. The molecule has 0 fully saturated rings. The van der Waals surface area contributed by atoms with Gasteiger partial charge in [-0.2, -0.15) is 0 Å². The van der Waals surface area contributed by atoms with E-state index in [0.717, 1.165) is 6.54 Å². The molecule has 9 heavy (non-hydrogen) atoms. The molecule has 0 radical (unpaired) electrons. The Balaban J connectivity index is 2.83. The fourth-order valence-corrected chi connectivity index (χ4v) is 0.493. The Morgan fingerprint density at radius 2 is 2.44 bits per heavy atom. The van der Waals surface area contributed by atoms with E-state index in [0.29, 0.717) is 18.2 Å². The van der Waals surface area contributed by atoms with Crippen LogP contribution in [-0.4, -0.2) is 26.8 Å². The first kappa shape index (κ1) is 8.95. The van der Waals surface area contributed by atoms with Crippen LogP contribution in [0.25, 0.3) is 0 Å². The first-order chi connectivity index (χ1) is 4.27. The van der Waals surface area contributed by atoms with Gasteiger partial charge >= 0.3 is 0 Å². The maximum atomic E-state index is 5.46. The van der Waals surface area contributed by atoms with Crippen molar-refractivity contribution in [1.82, 2.24) is 5.32 Å². The summed E-state index contributed by atoms with van der Waals surface area (Å²) in [6, 6.07) is 0. The Bertz CT molecular complexity index is 85.1. The van der Waals surface area contributed by atoms with Crippen LogP contribution in [-0.2, 0) is 4.74 Å². The maximum Gasteiger partial charge on any atom is 0.0587 e. The van der Waals surface area contributed by atoms with E-state index >= 15 is 0 Å². The highest BCUT2D eigenvalue weighted by molar-refractivity contribution is 6.29. The number of ether oxygens (including phenoxy) is 1. The predicted octanol–water partition coefficient (Wildman–Crippen LogP) is 0.975. The van der Waals surface area contributed by atoms with E-state index in [9.17, 15) is 0 Å². The van der Waals surface area contributed by atoms with Crippen LogP contribution in [0.2, 0.25) is 0 Å². The van der Waals surface area contributed by atoms with Gasteiger partial charge in [0.2, 0.25) is 0 Å². The number of rotatable bonds is 5. The molecule has 1 N–H and O–H groups in total. The van der Waals surface area contributed by atoms with Crippen LogP contribution in [0.5, 0.6) is 0 Å². The Morgan fingerprint density at radius 3 is 2.89 bits per heavy atom. The summed E-state index contributed by atoms with van der Waals surface area (Å²) in [6.45, 7) is 5.71. The lowest BCUT2D eigenvalue weighted by atomic mass is 10.6. The molecule has 0 saturated carbocycles. The summed E-state index contributed by atoms with van der Waals surface area (Å²) < 4.78 is 4.79. The molecule has 0 aliphatic rings. The summed E-state index contributed by atoms with van der Waals surface area (Å²) in [7, 11) is 1.66. The molecule has 0 heterocycles. The van der Waals surface area contributed by atoms with Gasteiger partial charge in [0.05, 0.1) is 6.61 Å². The third kappa shape index (κ3) is 7.95. The number of halogens is 1. The molecular weight excluding hydrogens is 138 g/mol. The van der Waals surface area contributed by atoms with E-state index in [2.05, 4.69) is 11.9 Å². The highest BCUT2D eigenvalue weighted by atomic mass is 35.5. The quantitative estimate of drug-likeness (QED) is 0.589. The fraction of sp³-hybridized carbons (Fsp3) is 0.667. The van der Waals surface area contributed by atoms with Crippen molar-refractivity contribution < 1.29 is 4.74 Å². The lowest BCUT2D eigenvalue weighted by molar-refractivity contribution is 0.200. The highest BCUT2D eigenvalue weighted by Gasteiger charge is 1.85. The second kappa shape index (κ2) is 6.08. The van der Waals surface area contributed by atoms with E-state index in [1.807, 2.05) is 0 Å².